The lowest BCUT2D eigenvalue weighted by molar-refractivity contribution is -0.160. The number of nitrogens with zero attached hydrogens (tertiary/aromatic N) is 2. The molecular formula is C37H47FN2O4. The zero-order valence-electron chi connectivity index (χ0n) is 26.9. The fraction of sp³-hybridized carbons (Fsp3) is 0.514. The molecule has 7 heteroatoms. The van der Waals surface area contributed by atoms with Gasteiger partial charge in [0.05, 0.1) is 17.9 Å². The second-order valence-electron chi connectivity index (χ2n) is 13.7. The van der Waals surface area contributed by atoms with E-state index in [0.717, 1.165) is 59.8 Å². The Balaban J connectivity index is 1.49. The molecule has 1 saturated carbocycles. The first-order valence-corrected chi connectivity index (χ1v) is 16.1. The summed E-state index contributed by atoms with van der Waals surface area (Å²) in [4.78, 5) is 20.1. The molecule has 236 valence electrons. The van der Waals surface area contributed by atoms with E-state index >= 15 is 0 Å². The lowest BCUT2D eigenvalue weighted by Crippen LogP contribution is -2.42. The van der Waals surface area contributed by atoms with E-state index in [9.17, 15) is 14.3 Å². The Kier molecular flexibility index (Phi) is 9.64. The molecule has 5 rings (SSSR count). The predicted octanol–water partition coefficient (Wildman–Crippen LogP) is 8.62. The number of anilines is 1. The van der Waals surface area contributed by atoms with Crippen LogP contribution in [0, 0.1) is 25.1 Å². The first-order valence-electron chi connectivity index (χ1n) is 16.1. The molecule has 1 aromatic heterocycles. The van der Waals surface area contributed by atoms with Crippen LogP contribution in [0.25, 0.3) is 11.1 Å². The van der Waals surface area contributed by atoms with Crippen molar-refractivity contribution in [2.45, 2.75) is 97.7 Å². The zero-order chi connectivity index (χ0) is 31.5. The summed E-state index contributed by atoms with van der Waals surface area (Å²) >= 11 is 0. The average molecular weight is 603 g/mol. The Morgan fingerprint density at radius 3 is 2.18 bits per heavy atom. The van der Waals surface area contributed by atoms with Crippen LogP contribution in [0.3, 0.4) is 0 Å². The van der Waals surface area contributed by atoms with Crippen molar-refractivity contribution in [3.63, 3.8) is 0 Å². The number of hydrogen-bond acceptors (Lipinski definition) is 5. The number of halogens is 1. The van der Waals surface area contributed by atoms with E-state index in [0.29, 0.717) is 29.7 Å². The maximum absolute atomic E-state index is 13.2. The SMILES string of the molecule is Cc1nc(C)c([C@H](OC(C)(C)C)C(=O)O)c(N2CCC3(CCCCC3)CC2)c1-c1ccc(OCCc2ccc(F)cc2)cc1. The molecule has 44 heavy (non-hydrogen) atoms. The molecule has 0 bridgehead atoms. The first-order chi connectivity index (χ1) is 20.9. The molecule has 1 saturated heterocycles. The summed E-state index contributed by atoms with van der Waals surface area (Å²) in [7, 11) is 0. The number of aromatic nitrogens is 1. The van der Waals surface area contributed by atoms with Crippen LogP contribution in [0.5, 0.6) is 5.75 Å². The largest absolute Gasteiger partial charge is 0.493 e. The van der Waals surface area contributed by atoms with Gasteiger partial charge in [-0.05, 0) is 101 Å². The van der Waals surface area contributed by atoms with Gasteiger partial charge in [0.15, 0.2) is 6.10 Å². The van der Waals surface area contributed by atoms with E-state index in [1.807, 2.05) is 58.9 Å². The fourth-order valence-electron chi connectivity index (χ4n) is 7.08. The van der Waals surface area contributed by atoms with E-state index in [4.69, 9.17) is 14.5 Å². The highest BCUT2D eigenvalue weighted by atomic mass is 19.1. The van der Waals surface area contributed by atoms with Crippen molar-refractivity contribution in [1.82, 2.24) is 4.98 Å². The van der Waals surface area contributed by atoms with Gasteiger partial charge in [0.1, 0.15) is 11.6 Å². The standard InChI is InChI=1S/C37H47FN2O4/c1-25-31(28-11-15-30(16-12-28)43-24-17-27-9-13-29(38)14-10-27)33(40-22-20-37(21-23-40)18-7-6-8-19-37)32(26(2)39-25)34(35(41)42)44-36(3,4)5/h9-16,34H,6-8,17-24H2,1-5H3,(H,41,42)/t34-/m0/s1. The molecule has 1 atom stereocenters. The Morgan fingerprint density at radius 2 is 1.59 bits per heavy atom. The number of benzene rings is 2. The molecule has 6 nitrogen and oxygen atoms in total. The van der Waals surface area contributed by atoms with E-state index in [1.54, 1.807) is 12.1 Å². The third kappa shape index (κ3) is 7.43. The monoisotopic (exact) mass is 602 g/mol. The number of carbonyl (C=O) groups is 1. The minimum atomic E-state index is -1.14. The molecule has 2 fully saturated rings. The Hall–Kier alpha value is -3.45. The Labute approximate surface area is 261 Å². The lowest BCUT2D eigenvalue weighted by Gasteiger charge is -2.46. The van der Waals surface area contributed by atoms with Gasteiger partial charge in [-0.25, -0.2) is 9.18 Å². The van der Waals surface area contributed by atoms with Crippen molar-refractivity contribution in [1.29, 1.82) is 0 Å². The van der Waals surface area contributed by atoms with Gasteiger partial charge < -0.3 is 19.5 Å². The third-order valence-electron chi connectivity index (χ3n) is 9.31. The maximum atomic E-state index is 13.2. The number of piperidine rings is 1. The molecule has 2 aliphatic rings. The molecule has 1 N–H and O–H groups in total. The smallest absolute Gasteiger partial charge is 0.337 e. The van der Waals surface area contributed by atoms with Gasteiger partial charge in [0.25, 0.3) is 0 Å². The molecule has 2 heterocycles. The van der Waals surface area contributed by atoms with Gasteiger partial charge in [-0.2, -0.15) is 0 Å². The van der Waals surface area contributed by atoms with Crippen molar-refractivity contribution >= 4 is 11.7 Å². The van der Waals surface area contributed by atoms with Crippen LogP contribution in [0.2, 0.25) is 0 Å². The van der Waals surface area contributed by atoms with E-state index in [1.165, 1.54) is 44.2 Å². The van der Waals surface area contributed by atoms with Crippen LogP contribution >= 0.6 is 0 Å². The third-order valence-corrected chi connectivity index (χ3v) is 9.31. The highest BCUT2D eigenvalue weighted by Crippen LogP contribution is 2.48. The predicted molar refractivity (Wildman–Crippen MR) is 173 cm³/mol. The highest BCUT2D eigenvalue weighted by molar-refractivity contribution is 5.88. The van der Waals surface area contributed by atoms with Crippen LogP contribution in [0.1, 0.15) is 94.3 Å². The molecule has 1 spiro atoms. The van der Waals surface area contributed by atoms with Gasteiger partial charge in [-0.15, -0.1) is 0 Å². The molecule has 1 aliphatic heterocycles. The second kappa shape index (κ2) is 13.3. The second-order valence-corrected chi connectivity index (χ2v) is 13.7. The van der Waals surface area contributed by atoms with Crippen molar-refractivity contribution in [2.24, 2.45) is 5.41 Å². The summed E-state index contributed by atoms with van der Waals surface area (Å²) in [6, 6.07) is 14.5. The quantitative estimate of drug-likeness (QED) is 0.264. The molecular weight excluding hydrogens is 555 g/mol. The van der Waals surface area contributed by atoms with Crippen LogP contribution in [-0.4, -0.2) is 41.4 Å². The van der Waals surface area contributed by atoms with E-state index in [2.05, 4.69) is 4.90 Å². The fourth-order valence-corrected chi connectivity index (χ4v) is 7.08. The molecule has 1 aliphatic carbocycles. The van der Waals surface area contributed by atoms with Crippen LogP contribution in [0.4, 0.5) is 10.1 Å². The van der Waals surface area contributed by atoms with Crippen molar-refractivity contribution < 1.29 is 23.8 Å². The maximum Gasteiger partial charge on any atom is 0.337 e. The lowest BCUT2D eigenvalue weighted by atomic mass is 9.68. The van der Waals surface area contributed by atoms with Crippen molar-refractivity contribution in [3.8, 4) is 16.9 Å². The summed E-state index contributed by atoms with van der Waals surface area (Å²) in [5, 5.41) is 10.5. The minimum absolute atomic E-state index is 0.244. The summed E-state index contributed by atoms with van der Waals surface area (Å²) in [6.07, 6.45) is 8.31. The zero-order valence-corrected chi connectivity index (χ0v) is 26.9. The van der Waals surface area contributed by atoms with Crippen LogP contribution < -0.4 is 9.64 Å². The minimum Gasteiger partial charge on any atom is -0.493 e. The number of aliphatic carboxylic acids is 1. The summed E-state index contributed by atoms with van der Waals surface area (Å²) in [5.74, 6) is -0.509. The topological polar surface area (TPSA) is 71.9 Å². The van der Waals surface area contributed by atoms with E-state index < -0.39 is 17.7 Å². The van der Waals surface area contributed by atoms with Gasteiger partial charge in [0, 0.05) is 42.0 Å². The number of pyridine rings is 1. The molecule has 0 radical (unpaired) electrons. The number of carboxylic acids is 1. The number of aryl methyl sites for hydroxylation is 2. The number of hydrogen-bond donors (Lipinski definition) is 1. The average Bonchev–Trinajstić information content (AvgIpc) is 2.98. The van der Waals surface area contributed by atoms with Crippen LogP contribution in [-0.2, 0) is 16.0 Å². The van der Waals surface area contributed by atoms with Crippen molar-refractivity contribution in [2.75, 3.05) is 24.6 Å². The molecule has 3 aromatic rings. The Bertz CT molecular complexity index is 1430. The van der Waals surface area contributed by atoms with Gasteiger partial charge in [-0.1, -0.05) is 43.5 Å². The number of carboxylic acid groups (broad SMARTS) is 1. The summed E-state index contributed by atoms with van der Waals surface area (Å²) in [5.41, 5.74) is 5.83. The van der Waals surface area contributed by atoms with Crippen LogP contribution in [0.15, 0.2) is 48.5 Å². The summed E-state index contributed by atoms with van der Waals surface area (Å²) < 4.78 is 25.5. The number of ether oxygens (including phenoxy) is 2. The highest BCUT2D eigenvalue weighted by Gasteiger charge is 2.39. The van der Waals surface area contributed by atoms with Crippen molar-refractivity contribution in [3.05, 3.63) is 76.9 Å². The number of rotatable bonds is 9. The first kappa shape index (κ1) is 32.0. The molecule has 2 aromatic carbocycles. The van der Waals surface area contributed by atoms with E-state index in [-0.39, 0.29) is 5.82 Å². The molecule has 0 unspecified atom stereocenters. The van der Waals surface area contributed by atoms with Gasteiger partial charge in [0.2, 0.25) is 0 Å². The van der Waals surface area contributed by atoms with Gasteiger partial charge in [-0.3, -0.25) is 4.98 Å². The normalized spacial score (nSPS) is 17.5. The molecule has 0 amide bonds. The Morgan fingerprint density at radius 1 is 0.955 bits per heavy atom. The summed E-state index contributed by atoms with van der Waals surface area (Å²) in [6.45, 7) is 11.8. The van der Waals surface area contributed by atoms with Gasteiger partial charge >= 0.3 is 5.97 Å².